The summed E-state index contributed by atoms with van der Waals surface area (Å²) in [6.07, 6.45) is 1.31. The van der Waals surface area contributed by atoms with Crippen LogP contribution in [0.2, 0.25) is 0 Å². The Kier molecular flexibility index (Phi) is 9.78. The van der Waals surface area contributed by atoms with Gasteiger partial charge in [0.2, 0.25) is 0 Å². The molecule has 0 aliphatic rings. The van der Waals surface area contributed by atoms with Gasteiger partial charge in [0.1, 0.15) is 0 Å². The van der Waals surface area contributed by atoms with E-state index in [1.54, 1.807) is 0 Å². The minimum Gasteiger partial charge on any atom is -0.330 e. The summed E-state index contributed by atoms with van der Waals surface area (Å²) in [5.41, 5.74) is 5.13. The molecule has 9 nitrogen and oxygen atoms in total. The zero-order valence-corrected chi connectivity index (χ0v) is 9.55. The minimum atomic E-state index is -4.64. The molecular formula is C4H15NO8P2. The van der Waals surface area contributed by atoms with Gasteiger partial charge in [-0.05, 0) is 19.4 Å². The van der Waals surface area contributed by atoms with Crippen LogP contribution in [0.3, 0.4) is 0 Å². The molecule has 0 saturated carbocycles. The number of rotatable bonds is 5. The van der Waals surface area contributed by atoms with Crippen molar-refractivity contribution in [2.45, 2.75) is 12.8 Å². The van der Waals surface area contributed by atoms with Crippen molar-refractivity contribution in [3.8, 4) is 0 Å². The first-order valence-electron chi connectivity index (χ1n) is 3.74. The summed E-state index contributed by atoms with van der Waals surface area (Å²) in [6, 6.07) is 0. The first kappa shape index (κ1) is 17.6. The fraction of sp³-hybridized carbons (Fsp3) is 1.00. The molecule has 7 N–H and O–H groups in total. The van der Waals surface area contributed by atoms with Crippen LogP contribution >= 0.6 is 15.6 Å². The molecule has 0 atom stereocenters. The number of unbranched alkanes of at least 4 members (excludes halogenated alkanes) is 1. The standard InChI is InChI=1S/C4H12NO4P.H3O4P/c5-3-1-2-4-9-10(6,7)8;1-5(2,3)4/h1-5H2,(H2,6,7,8);(H3,1,2,3,4). The van der Waals surface area contributed by atoms with Crippen molar-refractivity contribution < 1.29 is 38.1 Å². The SMILES string of the molecule is NCCCCOP(=O)(O)O.O=P(O)(O)O. The third-order valence-corrected chi connectivity index (χ3v) is 1.38. The molecule has 0 saturated heterocycles. The Morgan fingerprint density at radius 2 is 1.40 bits per heavy atom. The molecule has 0 bridgehead atoms. The van der Waals surface area contributed by atoms with Crippen molar-refractivity contribution in [3.05, 3.63) is 0 Å². The van der Waals surface area contributed by atoms with Crippen LogP contribution in [0.25, 0.3) is 0 Å². The monoisotopic (exact) mass is 267 g/mol. The summed E-state index contributed by atoms with van der Waals surface area (Å²) >= 11 is 0. The van der Waals surface area contributed by atoms with Crippen LogP contribution < -0.4 is 5.73 Å². The quantitative estimate of drug-likeness (QED) is 0.267. The van der Waals surface area contributed by atoms with Crippen LogP contribution in [0.4, 0.5) is 0 Å². The number of nitrogens with two attached hydrogens (primary N) is 1. The lowest BCUT2D eigenvalue weighted by atomic mass is 10.3. The third kappa shape index (κ3) is 40.8. The molecule has 0 aromatic carbocycles. The average Bonchev–Trinajstić information content (AvgIpc) is 1.93. The van der Waals surface area contributed by atoms with Crippen LogP contribution in [0.1, 0.15) is 12.8 Å². The Labute approximate surface area is 86.4 Å². The molecule has 15 heavy (non-hydrogen) atoms. The number of hydrogen-bond donors (Lipinski definition) is 6. The van der Waals surface area contributed by atoms with Crippen LogP contribution in [0, 0.1) is 0 Å². The van der Waals surface area contributed by atoms with Crippen LogP contribution in [-0.4, -0.2) is 37.6 Å². The lowest BCUT2D eigenvalue weighted by molar-refractivity contribution is 0.194. The van der Waals surface area contributed by atoms with Gasteiger partial charge < -0.3 is 30.2 Å². The van der Waals surface area contributed by atoms with Gasteiger partial charge in [-0.2, -0.15) is 0 Å². The zero-order valence-electron chi connectivity index (χ0n) is 7.76. The highest BCUT2D eigenvalue weighted by molar-refractivity contribution is 7.46. The highest BCUT2D eigenvalue weighted by Gasteiger charge is 2.11. The molecule has 0 unspecified atom stereocenters. The van der Waals surface area contributed by atoms with E-state index in [0.717, 1.165) is 6.42 Å². The van der Waals surface area contributed by atoms with Gasteiger partial charge >= 0.3 is 15.6 Å². The lowest BCUT2D eigenvalue weighted by Crippen LogP contribution is -2.00. The maximum Gasteiger partial charge on any atom is 0.469 e. The first-order chi connectivity index (χ1) is 6.56. The Morgan fingerprint density at radius 1 is 1.00 bits per heavy atom. The van der Waals surface area contributed by atoms with E-state index in [9.17, 15) is 4.57 Å². The van der Waals surface area contributed by atoms with E-state index in [1.165, 1.54) is 0 Å². The van der Waals surface area contributed by atoms with Gasteiger partial charge in [-0.15, -0.1) is 0 Å². The highest BCUT2D eigenvalue weighted by Crippen LogP contribution is 2.35. The molecule has 0 spiro atoms. The van der Waals surface area contributed by atoms with E-state index in [4.69, 9.17) is 34.8 Å². The summed E-state index contributed by atoms with van der Waals surface area (Å²) in [5, 5.41) is 0. The Hall–Kier alpha value is 0.180. The number of phosphoric acid groups is 2. The van der Waals surface area contributed by atoms with Crippen LogP contribution in [0.5, 0.6) is 0 Å². The van der Waals surface area contributed by atoms with Gasteiger partial charge in [-0.1, -0.05) is 0 Å². The molecule has 0 rings (SSSR count). The van der Waals surface area contributed by atoms with Crippen molar-refractivity contribution in [2.24, 2.45) is 5.73 Å². The molecule has 0 aliphatic carbocycles. The first-order valence-corrected chi connectivity index (χ1v) is 6.84. The van der Waals surface area contributed by atoms with E-state index >= 15 is 0 Å². The second-order valence-corrected chi connectivity index (χ2v) is 4.60. The molecule has 0 aromatic heterocycles. The predicted molar refractivity (Wildman–Crippen MR) is 50.5 cm³/mol. The zero-order chi connectivity index (χ0) is 12.5. The summed E-state index contributed by atoms with van der Waals surface area (Å²) in [6.45, 7) is 0.589. The molecular weight excluding hydrogens is 252 g/mol. The molecule has 0 aromatic rings. The average molecular weight is 267 g/mol. The topological polar surface area (TPSA) is 171 Å². The van der Waals surface area contributed by atoms with Crippen molar-refractivity contribution in [3.63, 3.8) is 0 Å². The molecule has 11 heteroatoms. The number of hydrogen-bond acceptors (Lipinski definition) is 4. The molecule has 0 aliphatic heterocycles. The van der Waals surface area contributed by atoms with Crippen LogP contribution in [0.15, 0.2) is 0 Å². The summed E-state index contributed by atoms with van der Waals surface area (Å²) < 4.78 is 23.1. The van der Waals surface area contributed by atoms with Crippen LogP contribution in [-0.2, 0) is 13.7 Å². The van der Waals surface area contributed by atoms with Crippen molar-refractivity contribution in [1.29, 1.82) is 0 Å². The van der Waals surface area contributed by atoms with Gasteiger partial charge in [0, 0.05) is 0 Å². The number of phosphoric ester groups is 1. The van der Waals surface area contributed by atoms with E-state index in [2.05, 4.69) is 4.52 Å². The van der Waals surface area contributed by atoms with E-state index in [1.807, 2.05) is 0 Å². The highest BCUT2D eigenvalue weighted by atomic mass is 31.2. The second kappa shape index (κ2) is 8.35. The molecule has 94 valence electrons. The maximum atomic E-state index is 10.0. The van der Waals surface area contributed by atoms with Crippen molar-refractivity contribution >= 4 is 15.6 Å². The Morgan fingerprint density at radius 3 is 1.67 bits per heavy atom. The van der Waals surface area contributed by atoms with Gasteiger partial charge in [0.05, 0.1) is 6.61 Å². The minimum absolute atomic E-state index is 0.0709. The fourth-order valence-corrected chi connectivity index (χ4v) is 0.797. The van der Waals surface area contributed by atoms with Gasteiger partial charge in [0.15, 0.2) is 0 Å². The molecule has 0 heterocycles. The fourth-order valence-electron chi connectivity index (χ4n) is 0.430. The lowest BCUT2D eigenvalue weighted by Gasteiger charge is -2.02. The van der Waals surface area contributed by atoms with E-state index in [0.29, 0.717) is 13.0 Å². The van der Waals surface area contributed by atoms with Crippen molar-refractivity contribution in [2.75, 3.05) is 13.2 Å². The summed E-state index contributed by atoms with van der Waals surface area (Å²) in [5.74, 6) is 0. The largest absolute Gasteiger partial charge is 0.469 e. The molecule has 0 radical (unpaired) electrons. The molecule has 0 amide bonds. The van der Waals surface area contributed by atoms with E-state index < -0.39 is 15.6 Å². The predicted octanol–water partition coefficient (Wildman–Crippen LogP) is -1.09. The normalized spacial score (nSPS) is 11.9. The Bertz CT molecular complexity index is 225. The van der Waals surface area contributed by atoms with Gasteiger partial charge in [-0.3, -0.25) is 4.52 Å². The Balaban J connectivity index is 0. The van der Waals surface area contributed by atoms with Gasteiger partial charge in [-0.25, -0.2) is 9.13 Å². The maximum absolute atomic E-state index is 10.0. The second-order valence-electron chi connectivity index (χ2n) is 2.33. The summed E-state index contributed by atoms with van der Waals surface area (Å²) in [4.78, 5) is 37.9. The smallest absolute Gasteiger partial charge is 0.330 e. The summed E-state index contributed by atoms with van der Waals surface area (Å²) in [7, 11) is -8.89. The third-order valence-electron chi connectivity index (χ3n) is 0.858. The molecule has 0 fully saturated rings. The van der Waals surface area contributed by atoms with Gasteiger partial charge in [0.25, 0.3) is 0 Å². The van der Waals surface area contributed by atoms with E-state index in [-0.39, 0.29) is 6.61 Å². The van der Waals surface area contributed by atoms with Crippen molar-refractivity contribution in [1.82, 2.24) is 0 Å².